The second kappa shape index (κ2) is 5.50. The number of halogens is 1. The predicted octanol–water partition coefficient (Wildman–Crippen LogP) is 2.72. The maximum absolute atomic E-state index is 6.39. The van der Waals surface area contributed by atoms with Crippen molar-refractivity contribution in [2.45, 2.75) is 33.5 Å². The highest BCUT2D eigenvalue weighted by Crippen LogP contribution is 2.24. The Morgan fingerprint density at radius 1 is 1.38 bits per heavy atom. The molecule has 0 aliphatic carbocycles. The van der Waals surface area contributed by atoms with Crippen molar-refractivity contribution in [3.63, 3.8) is 0 Å². The minimum absolute atomic E-state index is 0.495. The minimum Gasteiger partial charge on any atom is -0.326 e. The monoisotopic (exact) mass is 303 g/mol. The zero-order chi connectivity index (χ0) is 15.0. The Kier molecular flexibility index (Phi) is 3.69. The van der Waals surface area contributed by atoms with Crippen molar-refractivity contribution in [1.29, 1.82) is 0 Å². The van der Waals surface area contributed by atoms with Crippen LogP contribution < -0.4 is 5.73 Å². The van der Waals surface area contributed by atoms with Crippen LogP contribution in [0.3, 0.4) is 0 Å². The summed E-state index contributed by atoms with van der Waals surface area (Å²) in [5, 5.41) is 6.28. The molecule has 0 saturated carbocycles. The van der Waals surface area contributed by atoms with Crippen LogP contribution in [0.15, 0.2) is 24.5 Å². The van der Waals surface area contributed by atoms with Gasteiger partial charge in [0, 0.05) is 30.9 Å². The van der Waals surface area contributed by atoms with Crippen molar-refractivity contribution >= 4 is 22.6 Å². The molecule has 0 aliphatic heterocycles. The predicted molar refractivity (Wildman–Crippen MR) is 84.4 cm³/mol. The molecule has 21 heavy (non-hydrogen) atoms. The molecule has 0 aliphatic rings. The SMILES string of the molecule is CCn1nc(C)c(Cl)c1Cn1cc(CN)c2cccnc21. The standard InChI is InChI=1S/C15H18ClN5/c1-3-21-13(14(16)10(2)19-21)9-20-8-11(7-17)12-5-4-6-18-15(12)20/h4-6,8H,3,7,9,17H2,1-2H3. The van der Waals surface area contributed by atoms with Gasteiger partial charge in [0.2, 0.25) is 0 Å². The van der Waals surface area contributed by atoms with Gasteiger partial charge in [-0.15, -0.1) is 0 Å². The molecule has 0 atom stereocenters. The van der Waals surface area contributed by atoms with Crippen LogP contribution in [0.4, 0.5) is 0 Å². The average molecular weight is 304 g/mol. The molecule has 3 heterocycles. The molecule has 0 bridgehead atoms. The molecule has 6 heteroatoms. The summed E-state index contributed by atoms with van der Waals surface area (Å²) in [5.74, 6) is 0. The summed E-state index contributed by atoms with van der Waals surface area (Å²) in [6, 6.07) is 3.98. The Morgan fingerprint density at radius 3 is 2.90 bits per heavy atom. The van der Waals surface area contributed by atoms with Crippen LogP contribution in [-0.4, -0.2) is 19.3 Å². The van der Waals surface area contributed by atoms with E-state index in [-0.39, 0.29) is 0 Å². The second-order valence-electron chi connectivity index (χ2n) is 5.02. The third kappa shape index (κ3) is 2.32. The summed E-state index contributed by atoms with van der Waals surface area (Å²) >= 11 is 6.39. The van der Waals surface area contributed by atoms with E-state index in [1.807, 2.05) is 23.7 Å². The van der Waals surface area contributed by atoms with Gasteiger partial charge in [0.1, 0.15) is 5.65 Å². The van der Waals surface area contributed by atoms with Crippen molar-refractivity contribution in [3.05, 3.63) is 46.5 Å². The molecule has 0 spiro atoms. The Hall–Kier alpha value is -1.85. The summed E-state index contributed by atoms with van der Waals surface area (Å²) in [6.45, 7) is 5.91. The molecule has 5 nitrogen and oxygen atoms in total. The number of fused-ring (bicyclic) bond motifs is 1. The Balaban J connectivity index is 2.10. The van der Waals surface area contributed by atoms with Gasteiger partial charge in [-0.1, -0.05) is 11.6 Å². The van der Waals surface area contributed by atoms with Crippen LogP contribution in [0.5, 0.6) is 0 Å². The number of aromatic nitrogens is 4. The molecule has 3 aromatic heterocycles. The van der Waals surface area contributed by atoms with E-state index in [1.165, 1.54) is 0 Å². The van der Waals surface area contributed by atoms with Crippen LogP contribution >= 0.6 is 11.6 Å². The quantitative estimate of drug-likeness (QED) is 0.806. The van der Waals surface area contributed by atoms with Gasteiger partial charge < -0.3 is 10.3 Å². The molecule has 2 N–H and O–H groups in total. The Morgan fingerprint density at radius 2 is 2.19 bits per heavy atom. The number of aryl methyl sites for hydroxylation is 2. The molecule has 0 radical (unpaired) electrons. The first-order valence-corrected chi connectivity index (χ1v) is 7.38. The molecule has 0 aromatic carbocycles. The van der Waals surface area contributed by atoms with Crippen molar-refractivity contribution in [2.24, 2.45) is 5.73 Å². The Bertz CT molecular complexity index is 787. The second-order valence-corrected chi connectivity index (χ2v) is 5.40. The number of hydrogen-bond acceptors (Lipinski definition) is 3. The molecular weight excluding hydrogens is 286 g/mol. The van der Waals surface area contributed by atoms with Crippen LogP contribution in [0.1, 0.15) is 23.9 Å². The molecule has 0 amide bonds. The smallest absolute Gasteiger partial charge is 0.140 e. The van der Waals surface area contributed by atoms with E-state index in [1.54, 1.807) is 6.20 Å². The molecule has 110 valence electrons. The highest BCUT2D eigenvalue weighted by molar-refractivity contribution is 6.31. The van der Waals surface area contributed by atoms with Crippen LogP contribution in [-0.2, 0) is 19.6 Å². The zero-order valence-corrected chi connectivity index (χ0v) is 12.9. The first-order chi connectivity index (χ1) is 10.2. The zero-order valence-electron chi connectivity index (χ0n) is 12.2. The van der Waals surface area contributed by atoms with E-state index in [9.17, 15) is 0 Å². The van der Waals surface area contributed by atoms with E-state index in [4.69, 9.17) is 17.3 Å². The van der Waals surface area contributed by atoms with Gasteiger partial charge in [0.05, 0.1) is 23.0 Å². The van der Waals surface area contributed by atoms with Crippen molar-refractivity contribution in [3.8, 4) is 0 Å². The van der Waals surface area contributed by atoms with Gasteiger partial charge in [-0.05, 0) is 31.5 Å². The van der Waals surface area contributed by atoms with Gasteiger partial charge in [0.15, 0.2) is 0 Å². The third-order valence-electron chi connectivity index (χ3n) is 3.71. The number of rotatable bonds is 4. The summed E-state index contributed by atoms with van der Waals surface area (Å²) in [5.41, 5.74) is 9.71. The molecule has 0 saturated heterocycles. The van der Waals surface area contributed by atoms with Crippen LogP contribution in [0.25, 0.3) is 11.0 Å². The summed E-state index contributed by atoms with van der Waals surface area (Å²) in [6.07, 6.45) is 3.85. The lowest BCUT2D eigenvalue weighted by Gasteiger charge is -2.07. The minimum atomic E-state index is 0.495. The van der Waals surface area contributed by atoms with Crippen LogP contribution in [0, 0.1) is 6.92 Å². The average Bonchev–Trinajstić information content (AvgIpc) is 3.00. The number of hydrogen-bond donors (Lipinski definition) is 1. The van der Waals surface area contributed by atoms with Gasteiger partial charge in [0.25, 0.3) is 0 Å². The van der Waals surface area contributed by atoms with E-state index in [2.05, 4.69) is 27.8 Å². The van der Waals surface area contributed by atoms with Gasteiger partial charge in [-0.3, -0.25) is 4.68 Å². The first kappa shape index (κ1) is 14.1. The van der Waals surface area contributed by atoms with E-state index in [0.29, 0.717) is 13.1 Å². The van der Waals surface area contributed by atoms with Crippen molar-refractivity contribution in [1.82, 2.24) is 19.3 Å². The molecule has 0 unspecified atom stereocenters. The fraction of sp³-hybridized carbons (Fsp3) is 0.333. The van der Waals surface area contributed by atoms with Crippen LogP contribution in [0.2, 0.25) is 5.02 Å². The number of nitrogens with two attached hydrogens (primary N) is 1. The lowest BCUT2D eigenvalue weighted by molar-refractivity contribution is 0.600. The number of pyridine rings is 1. The first-order valence-electron chi connectivity index (χ1n) is 7.00. The molecule has 3 rings (SSSR count). The van der Waals surface area contributed by atoms with Gasteiger partial charge in [-0.2, -0.15) is 5.10 Å². The van der Waals surface area contributed by atoms with Crippen molar-refractivity contribution in [2.75, 3.05) is 0 Å². The topological polar surface area (TPSA) is 61.7 Å². The third-order valence-corrected chi connectivity index (χ3v) is 4.20. The van der Waals surface area contributed by atoms with E-state index < -0.39 is 0 Å². The molecule has 3 aromatic rings. The maximum atomic E-state index is 6.39. The largest absolute Gasteiger partial charge is 0.326 e. The highest BCUT2D eigenvalue weighted by atomic mass is 35.5. The summed E-state index contributed by atoms with van der Waals surface area (Å²) in [4.78, 5) is 4.47. The fourth-order valence-electron chi connectivity index (χ4n) is 2.66. The summed E-state index contributed by atoms with van der Waals surface area (Å²) < 4.78 is 4.03. The Labute approximate surface area is 128 Å². The molecular formula is C15H18ClN5. The van der Waals surface area contributed by atoms with E-state index >= 15 is 0 Å². The van der Waals surface area contributed by atoms with E-state index in [0.717, 1.165) is 39.6 Å². The summed E-state index contributed by atoms with van der Waals surface area (Å²) in [7, 11) is 0. The highest BCUT2D eigenvalue weighted by Gasteiger charge is 2.15. The fourth-order valence-corrected chi connectivity index (χ4v) is 2.85. The van der Waals surface area contributed by atoms with Gasteiger partial charge in [-0.25, -0.2) is 4.98 Å². The van der Waals surface area contributed by atoms with Gasteiger partial charge >= 0.3 is 0 Å². The molecule has 0 fully saturated rings. The number of nitrogens with zero attached hydrogens (tertiary/aromatic N) is 4. The lowest BCUT2D eigenvalue weighted by atomic mass is 10.2. The maximum Gasteiger partial charge on any atom is 0.140 e. The van der Waals surface area contributed by atoms with Crippen molar-refractivity contribution < 1.29 is 0 Å². The normalized spacial score (nSPS) is 11.4. The lowest BCUT2D eigenvalue weighted by Crippen LogP contribution is -2.08.